The van der Waals surface area contributed by atoms with E-state index in [0.717, 1.165) is 31.9 Å². The van der Waals surface area contributed by atoms with Gasteiger partial charge in [-0.15, -0.1) is 0 Å². The van der Waals surface area contributed by atoms with Gasteiger partial charge >= 0.3 is 0 Å². The zero-order valence-corrected chi connectivity index (χ0v) is 16.2. The lowest BCUT2D eigenvalue weighted by Gasteiger charge is -2.28. The zero-order valence-electron chi connectivity index (χ0n) is 16.2. The van der Waals surface area contributed by atoms with Crippen molar-refractivity contribution >= 4 is 10.9 Å². The molecule has 1 N–H and O–H groups in total. The fourth-order valence-electron chi connectivity index (χ4n) is 3.72. The van der Waals surface area contributed by atoms with Crippen molar-refractivity contribution in [2.75, 3.05) is 6.54 Å². The third-order valence-electron chi connectivity index (χ3n) is 5.41. The molecule has 0 amide bonds. The smallest absolute Gasteiger partial charge is 0.131 e. The first kappa shape index (κ1) is 17.2. The van der Waals surface area contributed by atoms with Crippen molar-refractivity contribution in [3.8, 4) is 0 Å². The number of H-pyrrole nitrogens is 1. The summed E-state index contributed by atoms with van der Waals surface area (Å²) in [5.74, 6) is 1.89. The Hall–Kier alpha value is -2.20. The number of aromatic amines is 1. The highest BCUT2D eigenvalue weighted by Gasteiger charge is 2.20. The van der Waals surface area contributed by atoms with Gasteiger partial charge in [0.2, 0.25) is 0 Å². The van der Waals surface area contributed by atoms with E-state index in [1.165, 1.54) is 33.3 Å². The van der Waals surface area contributed by atoms with Gasteiger partial charge in [-0.3, -0.25) is 4.90 Å². The molecule has 26 heavy (non-hydrogen) atoms. The van der Waals surface area contributed by atoms with Crippen LogP contribution in [0.5, 0.6) is 0 Å². The summed E-state index contributed by atoms with van der Waals surface area (Å²) in [5.41, 5.74) is 6.52. The van der Waals surface area contributed by atoms with E-state index in [1.54, 1.807) is 0 Å². The molecule has 1 aliphatic rings. The van der Waals surface area contributed by atoms with Crippen molar-refractivity contribution in [1.82, 2.24) is 19.9 Å². The van der Waals surface area contributed by atoms with Crippen LogP contribution in [-0.2, 0) is 19.5 Å². The molecule has 0 bridgehead atoms. The first-order chi connectivity index (χ1) is 12.5. The van der Waals surface area contributed by atoms with Gasteiger partial charge in [-0.2, -0.15) is 0 Å². The monoisotopic (exact) mass is 348 g/mol. The van der Waals surface area contributed by atoms with Crippen LogP contribution in [0.1, 0.15) is 67.7 Å². The summed E-state index contributed by atoms with van der Waals surface area (Å²) in [6.45, 7) is 11.7. The molecule has 3 aromatic rings. The SMILES string of the molecule is CC(C)c1ccc2c(CN3CCc4cnc(C(C)C)nc4C3)c[nH]c2c1. The predicted molar refractivity (Wildman–Crippen MR) is 106 cm³/mol. The number of hydrogen-bond acceptors (Lipinski definition) is 3. The third-order valence-corrected chi connectivity index (χ3v) is 5.41. The van der Waals surface area contributed by atoms with Gasteiger partial charge in [0, 0.05) is 48.8 Å². The highest BCUT2D eigenvalue weighted by Crippen LogP contribution is 2.26. The van der Waals surface area contributed by atoms with E-state index in [-0.39, 0.29) is 0 Å². The number of benzene rings is 1. The Morgan fingerprint density at radius 1 is 1.15 bits per heavy atom. The van der Waals surface area contributed by atoms with E-state index < -0.39 is 0 Å². The Morgan fingerprint density at radius 2 is 2.00 bits per heavy atom. The Morgan fingerprint density at radius 3 is 2.77 bits per heavy atom. The van der Waals surface area contributed by atoms with Gasteiger partial charge in [-0.25, -0.2) is 9.97 Å². The average molecular weight is 348 g/mol. The standard InChI is InChI=1S/C22H28N4/c1-14(2)16-5-6-19-18(11-23-20(19)9-16)12-26-8-7-17-10-24-22(15(3)4)25-21(17)13-26/h5-6,9-11,14-15,23H,7-8,12-13H2,1-4H3. The van der Waals surface area contributed by atoms with E-state index in [4.69, 9.17) is 4.98 Å². The quantitative estimate of drug-likeness (QED) is 0.739. The number of nitrogens with one attached hydrogen (secondary N) is 1. The van der Waals surface area contributed by atoms with Crippen LogP contribution in [-0.4, -0.2) is 26.4 Å². The summed E-state index contributed by atoms with van der Waals surface area (Å²) in [6, 6.07) is 6.82. The first-order valence-corrected chi connectivity index (χ1v) is 9.68. The zero-order chi connectivity index (χ0) is 18.3. The van der Waals surface area contributed by atoms with Gasteiger partial charge in [0.1, 0.15) is 5.82 Å². The maximum atomic E-state index is 4.83. The van der Waals surface area contributed by atoms with E-state index in [2.05, 4.69) is 67.0 Å². The average Bonchev–Trinajstić information content (AvgIpc) is 3.03. The molecule has 1 aliphatic heterocycles. The number of nitrogens with zero attached hydrogens (tertiary/aromatic N) is 3. The highest BCUT2D eigenvalue weighted by atomic mass is 15.1. The number of hydrogen-bond donors (Lipinski definition) is 1. The molecule has 4 rings (SSSR count). The fraction of sp³-hybridized carbons (Fsp3) is 0.455. The second-order valence-corrected chi connectivity index (χ2v) is 8.09. The number of aromatic nitrogens is 3. The van der Waals surface area contributed by atoms with Crippen LogP contribution in [0.4, 0.5) is 0 Å². The summed E-state index contributed by atoms with van der Waals surface area (Å²) < 4.78 is 0. The van der Waals surface area contributed by atoms with Crippen LogP contribution in [0.2, 0.25) is 0 Å². The maximum Gasteiger partial charge on any atom is 0.131 e. The lowest BCUT2D eigenvalue weighted by Crippen LogP contribution is -2.31. The second-order valence-electron chi connectivity index (χ2n) is 8.09. The van der Waals surface area contributed by atoms with Gasteiger partial charge < -0.3 is 4.98 Å². The van der Waals surface area contributed by atoms with Crippen LogP contribution < -0.4 is 0 Å². The van der Waals surface area contributed by atoms with Crippen LogP contribution in [0.25, 0.3) is 10.9 Å². The van der Waals surface area contributed by atoms with Gasteiger partial charge in [0.15, 0.2) is 0 Å². The normalized spacial score (nSPS) is 15.2. The van der Waals surface area contributed by atoms with Crippen molar-refractivity contribution in [2.45, 2.75) is 59.0 Å². The minimum Gasteiger partial charge on any atom is -0.361 e. The van der Waals surface area contributed by atoms with E-state index in [1.807, 2.05) is 6.20 Å². The summed E-state index contributed by atoms with van der Waals surface area (Å²) >= 11 is 0. The van der Waals surface area contributed by atoms with Crippen LogP contribution in [0.3, 0.4) is 0 Å². The molecule has 2 aromatic heterocycles. The first-order valence-electron chi connectivity index (χ1n) is 9.68. The Labute approximate surface area is 155 Å². The van der Waals surface area contributed by atoms with Crippen molar-refractivity contribution in [2.24, 2.45) is 0 Å². The van der Waals surface area contributed by atoms with E-state index >= 15 is 0 Å². The topological polar surface area (TPSA) is 44.8 Å². The van der Waals surface area contributed by atoms with Crippen LogP contribution >= 0.6 is 0 Å². The van der Waals surface area contributed by atoms with Crippen molar-refractivity contribution < 1.29 is 0 Å². The van der Waals surface area contributed by atoms with Crippen molar-refractivity contribution in [1.29, 1.82) is 0 Å². The summed E-state index contributed by atoms with van der Waals surface area (Å²) in [6.07, 6.45) is 5.24. The van der Waals surface area contributed by atoms with Gasteiger partial charge in [0.25, 0.3) is 0 Å². The molecule has 4 heteroatoms. The van der Waals surface area contributed by atoms with Gasteiger partial charge in [-0.05, 0) is 35.1 Å². The second kappa shape index (κ2) is 6.84. The molecule has 0 aliphatic carbocycles. The maximum absolute atomic E-state index is 4.83. The molecule has 0 atom stereocenters. The lowest BCUT2D eigenvalue weighted by atomic mass is 10.0. The Bertz CT molecular complexity index is 923. The lowest BCUT2D eigenvalue weighted by molar-refractivity contribution is 0.241. The molecule has 0 spiro atoms. The predicted octanol–water partition coefficient (Wildman–Crippen LogP) is 4.76. The van der Waals surface area contributed by atoms with Gasteiger partial charge in [-0.1, -0.05) is 39.8 Å². The molecule has 4 nitrogen and oxygen atoms in total. The van der Waals surface area contributed by atoms with Crippen LogP contribution in [0.15, 0.2) is 30.6 Å². The molecule has 1 aromatic carbocycles. The molecular weight excluding hydrogens is 320 g/mol. The van der Waals surface area contributed by atoms with Crippen molar-refractivity contribution in [3.63, 3.8) is 0 Å². The number of rotatable bonds is 4. The molecule has 0 fully saturated rings. The van der Waals surface area contributed by atoms with E-state index in [9.17, 15) is 0 Å². The number of fused-ring (bicyclic) bond motifs is 2. The molecule has 0 saturated heterocycles. The van der Waals surface area contributed by atoms with Crippen molar-refractivity contribution in [3.05, 3.63) is 58.8 Å². The summed E-state index contributed by atoms with van der Waals surface area (Å²) in [5, 5.41) is 1.34. The third kappa shape index (κ3) is 3.26. The minimum atomic E-state index is 0.374. The molecule has 3 heterocycles. The minimum absolute atomic E-state index is 0.374. The summed E-state index contributed by atoms with van der Waals surface area (Å²) in [4.78, 5) is 15.3. The highest BCUT2D eigenvalue weighted by molar-refractivity contribution is 5.83. The molecule has 136 valence electrons. The Balaban J connectivity index is 1.55. The Kier molecular flexibility index (Phi) is 4.53. The molecule has 0 radical (unpaired) electrons. The summed E-state index contributed by atoms with van der Waals surface area (Å²) in [7, 11) is 0. The largest absolute Gasteiger partial charge is 0.361 e. The van der Waals surface area contributed by atoms with E-state index in [0.29, 0.717) is 11.8 Å². The van der Waals surface area contributed by atoms with Crippen LogP contribution in [0, 0.1) is 0 Å². The molecule has 0 saturated carbocycles. The molecular formula is C22H28N4. The fourth-order valence-corrected chi connectivity index (χ4v) is 3.72. The van der Waals surface area contributed by atoms with Gasteiger partial charge in [0.05, 0.1) is 5.69 Å². The molecule has 0 unspecified atom stereocenters.